The van der Waals surface area contributed by atoms with Crippen molar-refractivity contribution in [2.75, 3.05) is 5.75 Å². The molecule has 3 unspecified atom stereocenters. The minimum absolute atomic E-state index is 0.107. The Morgan fingerprint density at radius 3 is 2.65 bits per heavy atom. The van der Waals surface area contributed by atoms with E-state index in [1.165, 1.54) is 4.90 Å². The van der Waals surface area contributed by atoms with Crippen molar-refractivity contribution in [3.05, 3.63) is 35.4 Å². The zero-order valence-electron chi connectivity index (χ0n) is 15.8. The second kappa shape index (κ2) is 10.7. The van der Waals surface area contributed by atoms with Gasteiger partial charge in [0.2, 0.25) is 5.91 Å². The maximum Gasteiger partial charge on any atom is 0.352 e. The van der Waals surface area contributed by atoms with Gasteiger partial charge in [-0.15, -0.1) is 9.52 Å². The van der Waals surface area contributed by atoms with Crippen molar-refractivity contribution in [1.82, 2.24) is 4.90 Å². The molecule has 2 heterocycles. The van der Waals surface area contributed by atoms with Crippen LogP contribution in [0.15, 0.2) is 35.4 Å². The molecule has 0 aliphatic carbocycles. The number of carbonyl (C=O) groups excluding carboxylic acids is 1. The van der Waals surface area contributed by atoms with Gasteiger partial charge in [0.15, 0.2) is 0 Å². The minimum atomic E-state index is -1.07. The molecule has 5 nitrogen and oxygen atoms in total. The van der Waals surface area contributed by atoms with Gasteiger partial charge in [0, 0.05) is 5.75 Å². The number of aliphatic carboxylic acids is 1. The number of aliphatic hydroxyl groups is 1. The van der Waals surface area contributed by atoms with Gasteiger partial charge in [0.25, 0.3) is 0 Å². The van der Waals surface area contributed by atoms with E-state index >= 15 is 0 Å². The second-order valence-electron chi connectivity index (χ2n) is 5.75. The lowest BCUT2D eigenvalue weighted by molar-refractivity contribution is -0.161. The molecular weight excluding hydrogens is 370 g/mol. The first-order valence-corrected chi connectivity index (χ1v) is 11.7. The number of carboxylic acid groups (broad SMARTS) is 1. The molecule has 0 aromatic heterocycles. The van der Waals surface area contributed by atoms with Gasteiger partial charge in [-0.1, -0.05) is 50.3 Å². The van der Waals surface area contributed by atoms with E-state index in [1.54, 1.807) is 23.8 Å². The van der Waals surface area contributed by atoms with Gasteiger partial charge in [-0.2, -0.15) is 0 Å². The van der Waals surface area contributed by atoms with Crippen molar-refractivity contribution in [3.8, 4) is 0 Å². The molecule has 2 aliphatic rings. The minimum Gasteiger partial charge on any atom is -0.477 e. The molecule has 0 bridgehead atoms. The third kappa shape index (κ3) is 4.90. The third-order valence-electron chi connectivity index (χ3n) is 4.09. The summed E-state index contributed by atoms with van der Waals surface area (Å²) in [6, 6.07) is -0.212. The molecule has 26 heavy (non-hydrogen) atoms. The van der Waals surface area contributed by atoms with Crippen LogP contribution in [0.1, 0.15) is 40.5 Å². The van der Waals surface area contributed by atoms with Gasteiger partial charge < -0.3 is 15.1 Å². The Kier molecular flexibility index (Phi) is 9.39. The van der Waals surface area contributed by atoms with Gasteiger partial charge >= 0.3 is 5.97 Å². The van der Waals surface area contributed by atoms with Gasteiger partial charge in [-0.25, -0.2) is 4.79 Å². The Morgan fingerprint density at radius 2 is 2.15 bits per heavy atom. The maximum absolute atomic E-state index is 12.2. The first-order chi connectivity index (χ1) is 12.4. The van der Waals surface area contributed by atoms with E-state index in [1.807, 2.05) is 19.2 Å². The molecule has 146 valence electrons. The Morgan fingerprint density at radius 1 is 1.50 bits per heavy atom. The quantitative estimate of drug-likeness (QED) is 0.281. The highest BCUT2D eigenvalue weighted by molar-refractivity contribution is 8.84. The lowest BCUT2D eigenvalue weighted by atomic mass is 9.83. The van der Waals surface area contributed by atoms with Crippen molar-refractivity contribution >= 4 is 37.6 Å². The molecule has 1 saturated heterocycles. The van der Waals surface area contributed by atoms with Crippen LogP contribution in [0.25, 0.3) is 0 Å². The van der Waals surface area contributed by atoms with E-state index in [-0.39, 0.29) is 27.2 Å². The van der Waals surface area contributed by atoms with Crippen molar-refractivity contribution in [2.45, 2.75) is 52.7 Å². The van der Waals surface area contributed by atoms with Crippen LogP contribution in [0.4, 0.5) is 0 Å². The zero-order valence-corrected chi connectivity index (χ0v) is 17.5. The van der Waals surface area contributed by atoms with Crippen molar-refractivity contribution in [1.29, 1.82) is 0 Å². The van der Waals surface area contributed by atoms with Crippen LogP contribution in [0.2, 0.25) is 0 Å². The summed E-state index contributed by atoms with van der Waals surface area (Å²) in [6.45, 7) is 11.4. The van der Waals surface area contributed by atoms with Crippen LogP contribution in [0.3, 0.4) is 0 Å². The lowest BCUT2D eigenvalue weighted by Crippen LogP contribution is -2.61. The van der Waals surface area contributed by atoms with E-state index in [2.05, 4.69) is 25.0 Å². The Hall–Kier alpha value is -1.31. The summed E-state index contributed by atoms with van der Waals surface area (Å²) < 4.78 is 0. The zero-order chi connectivity index (χ0) is 19.9. The molecular formula is C19H29NO4S2. The number of amides is 1. The van der Waals surface area contributed by atoms with E-state index in [0.717, 1.165) is 12.0 Å². The van der Waals surface area contributed by atoms with Crippen LogP contribution < -0.4 is 0 Å². The predicted octanol–water partition coefficient (Wildman–Crippen LogP) is 3.79. The van der Waals surface area contributed by atoms with Crippen LogP contribution >= 0.6 is 20.3 Å². The molecule has 2 rings (SSSR count). The number of aliphatic hydroxyl groups excluding tert-OH is 1. The number of fused-ring (bicyclic) bond motifs is 1. The van der Waals surface area contributed by atoms with Crippen molar-refractivity contribution in [2.24, 2.45) is 5.92 Å². The number of hydrogen-bond acceptors (Lipinski definition) is 4. The summed E-state index contributed by atoms with van der Waals surface area (Å²) in [5.74, 6) is -1.28. The molecule has 7 heteroatoms. The Balaban J connectivity index is 0.00000163. The van der Waals surface area contributed by atoms with Gasteiger partial charge in [-0.05, 0) is 36.1 Å². The highest BCUT2D eigenvalue weighted by atomic mass is 33.1. The topological polar surface area (TPSA) is 77.8 Å². The summed E-state index contributed by atoms with van der Waals surface area (Å²) in [4.78, 5) is 25.1. The second-order valence-corrected chi connectivity index (χ2v) is 9.33. The van der Waals surface area contributed by atoms with Gasteiger partial charge in [-0.3, -0.25) is 4.79 Å². The summed E-state index contributed by atoms with van der Waals surface area (Å²) in [5.41, 5.74) is 0.880. The molecule has 0 radical (unpaired) electrons. The first-order valence-electron chi connectivity index (χ1n) is 8.86. The number of hydrogen-bond donors (Lipinski definition) is 2. The lowest BCUT2D eigenvalue weighted by Gasteiger charge is -2.44. The maximum atomic E-state index is 12.2. The number of rotatable bonds is 8. The molecule has 0 aromatic rings. The average Bonchev–Trinajstić information content (AvgIpc) is 2.93. The number of β-lactam (4-membered cyclic amide) rings is 1. The van der Waals surface area contributed by atoms with Crippen molar-refractivity contribution < 1.29 is 19.8 Å². The molecule has 1 fully saturated rings. The van der Waals surface area contributed by atoms with E-state index in [0.29, 0.717) is 12.2 Å². The summed E-state index contributed by atoms with van der Waals surface area (Å²) >= 11 is 0. The van der Waals surface area contributed by atoms with Crippen molar-refractivity contribution in [3.63, 3.8) is 0 Å². The molecule has 2 aliphatic heterocycles. The van der Waals surface area contributed by atoms with Crippen LogP contribution in [0.5, 0.6) is 0 Å². The Bertz CT molecular complexity index is 637. The van der Waals surface area contributed by atoms with E-state index in [4.69, 9.17) is 0 Å². The summed E-state index contributed by atoms with van der Waals surface area (Å²) in [6.07, 6.45) is 4.54. The number of carbonyl (C=O) groups is 2. The molecule has 1 amide bonds. The third-order valence-corrected chi connectivity index (χ3v) is 7.58. The highest BCUT2D eigenvalue weighted by Crippen LogP contribution is 2.46. The molecule has 0 saturated carbocycles. The number of nitrogens with zero attached hydrogens (tertiary/aromatic N) is 1. The summed E-state index contributed by atoms with van der Waals surface area (Å²) in [7, 11) is 1.48. The van der Waals surface area contributed by atoms with Gasteiger partial charge in [0.05, 0.1) is 18.1 Å². The fraction of sp³-hybridized carbons (Fsp3) is 0.526. The predicted molar refractivity (Wildman–Crippen MR) is 112 cm³/mol. The van der Waals surface area contributed by atoms with Crippen LogP contribution in [-0.4, -0.2) is 50.3 Å². The molecule has 0 spiro atoms. The largest absolute Gasteiger partial charge is 0.477 e. The van der Waals surface area contributed by atoms with E-state index < -0.39 is 18.0 Å². The smallest absolute Gasteiger partial charge is 0.352 e. The Labute approximate surface area is 162 Å². The number of allylic oxidation sites excluding steroid dienone is 2. The van der Waals surface area contributed by atoms with E-state index in [9.17, 15) is 19.8 Å². The SMILES string of the molecule is C=C/C=S(\C=C/CC)SCC1=C(C(=O)O)N2C(=O)C(C(C)O)[C@H]2C1.CC. The standard InChI is InChI=1S/C17H23NO4S2.C2H6/c1-4-6-8-24(7-5-2)23-10-12-9-13-14(11(3)19)16(20)18(13)15(12)17(21)22;1-2/h5-8,11,13-14,19H,2,4,9-10H2,1,3H3,(H,21,22);1-2H3/b8-6-;/t11?,13-,14?,24?;/m1./s1. The highest BCUT2D eigenvalue weighted by Gasteiger charge is 2.56. The van der Waals surface area contributed by atoms with Gasteiger partial charge in [0.1, 0.15) is 5.70 Å². The first kappa shape index (κ1) is 22.7. The molecule has 0 aromatic carbocycles. The normalized spacial score (nSPS) is 24.0. The average molecular weight is 400 g/mol. The molecule has 4 atom stereocenters. The number of carboxylic acids is 1. The fourth-order valence-corrected chi connectivity index (χ4v) is 6.17. The monoisotopic (exact) mass is 399 g/mol. The molecule has 2 N–H and O–H groups in total. The van der Waals surface area contributed by atoms with Crippen LogP contribution in [0, 0.1) is 5.92 Å². The van der Waals surface area contributed by atoms with Crippen LogP contribution in [-0.2, 0) is 9.59 Å². The summed E-state index contributed by atoms with van der Waals surface area (Å²) in [5, 5.41) is 23.3. The fourth-order valence-electron chi connectivity index (χ4n) is 3.04.